The number of benzene rings is 1. The Hall–Kier alpha value is -1.28. The lowest BCUT2D eigenvalue weighted by Crippen LogP contribution is -2.46. The lowest BCUT2D eigenvalue weighted by atomic mass is 10.2. The van der Waals surface area contributed by atoms with Crippen LogP contribution in [0.25, 0.3) is 0 Å². The Morgan fingerprint density at radius 3 is 2.53 bits per heavy atom. The van der Waals surface area contributed by atoms with Gasteiger partial charge in [-0.2, -0.15) is 0 Å². The van der Waals surface area contributed by atoms with Gasteiger partial charge in [-0.1, -0.05) is 24.3 Å². The molecule has 0 unspecified atom stereocenters. The van der Waals surface area contributed by atoms with Crippen LogP contribution in [0.4, 0.5) is 5.69 Å². The van der Waals surface area contributed by atoms with Crippen molar-refractivity contribution >= 4 is 5.69 Å². The molecule has 0 bridgehead atoms. The molecule has 0 saturated carbocycles. The van der Waals surface area contributed by atoms with Crippen LogP contribution in [0.5, 0.6) is 0 Å². The molecule has 1 aromatic carbocycles. The van der Waals surface area contributed by atoms with E-state index in [1.807, 2.05) is 0 Å². The Kier molecular flexibility index (Phi) is 3.85. The standard InChI is InChI=1S/C15H22N2/c1-13(2)12-16-7-9-17(10-8-16)15-6-4-5-14(3)11-15/h4-6,11H,1,7-10,12H2,2-3H3. The third kappa shape index (κ3) is 3.34. The van der Waals surface area contributed by atoms with Gasteiger partial charge in [-0.25, -0.2) is 0 Å². The zero-order valence-electron chi connectivity index (χ0n) is 10.9. The maximum absolute atomic E-state index is 3.98. The molecule has 1 aliphatic heterocycles. The summed E-state index contributed by atoms with van der Waals surface area (Å²) < 4.78 is 0. The fraction of sp³-hybridized carbons (Fsp3) is 0.467. The second-order valence-corrected chi connectivity index (χ2v) is 5.06. The zero-order chi connectivity index (χ0) is 12.3. The van der Waals surface area contributed by atoms with Gasteiger partial charge in [0.2, 0.25) is 0 Å². The van der Waals surface area contributed by atoms with Crippen LogP contribution in [0.15, 0.2) is 36.4 Å². The summed E-state index contributed by atoms with van der Waals surface area (Å²) in [5.74, 6) is 0. The highest BCUT2D eigenvalue weighted by molar-refractivity contribution is 5.48. The van der Waals surface area contributed by atoms with Crippen LogP contribution in [0.1, 0.15) is 12.5 Å². The minimum atomic E-state index is 1.04. The highest BCUT2D eigenvalue weighted by atomic mass is 15.3. The number of rotatable bonds is 3. The van der Waals surface area contributed by atoms with Crippen LogP contribution in [0.3, 0.4) is 0 Å². The van der Waals surface area contributed by atoms with E-state index in [2.05, 4.69) is 54.5 Å². The Bertz CT molecular complexity index is 390. The molecule has 1 heterocycles. The van der Waals surface area contributed by atoms with E-state index in [0.29, 0.717) is 0 Å². The van der Waals surface area contributed by atoms with Gasteiger partial charge in [0.15, 0.2) is 0 Å². The van der Waals surface area contributed by atoms with Crippen LogP contribution in [-0.2, 0) is 0 Å². The minimum absolute atomic E-state index is 1.04. The van der Waals surface area contributed by atoms with Crippen molar-refractivity contribution in [3.8, 4) is 0 Å². The predicted octanol–water partition coefficient (Wildman–Crippen LogP) is 2.69. The fourth-order valence-electron chi connectivity index (χ4n) is 2.37. The lowest BCUT2D eigenvalue weighted by molar-refractivity contribution is 0.278. The average Bonchev–Trinajstić information content (AvgIpc) is 2.29. The molecule has 1 aliphatic rings. The first-order chi connectivity index (χ1) is 8.15. The maximum atomic E-state index is 3.98. The molecule has 0 aliphatic carbocycles. The van der Waals surface area contributed by atoms with Crippen LogP contribution in [-0.4, -0.2) is 37.6 Å². The number of hydrogen-bond acceptors (Lipinski definition) is 2. The van der Waals surface area contributed by atoms with E-state index in [0.717, 1.165) is 32.7 Å². The summed E-state index contributed by atoms with van der Waals surface area (Å²) in [6, 6.07) is 8.78. The topological polar surface area (TPSA) is 6.48 Å². The summed E-state index contributed by atoms with van der Waals surface area (Å²) in [5, 5.41) is 0. The van der Waals surface area contributed by atoms with E-state index >= 15 is 0 Å². The van der Waals surface area contributed by atoms with Crippen molar-refractivity contribution in [1.82, 2.24) is 4.90 Å². The quantitative estimate of drug-likeness (QED) is 0.737. The monoisotopic (exact) mass is 230 g/mol. The molecule has 92 valence electrons. The van der Waals surface area contributed by atoms with Crippen molar-refractivity contribution in [2.24, 2.45) is 0 Å². The van der Waals surface area contributed by atoms with E-state index in [-0.39, 0.29) is 0 Å². The second kappa shape index (κ2) is 5.37. The molecule has 1 saturated heterocycles. The first-order valence-corrected chi connectivity index (χ1v) is 6.33. The van der Waals surface area contributed by atoms with Gasteiger partial charge in [0.25, 0.3) is 0 Å². The normalized spacial score (nSPS) is 17.2. The molecular weight excluding hydrogens is 208 g/mol. The number of piperazine rings is 1. The molecule has 0 N–H and O–H groups in total. The molecule has 2 nitrogen and oxygen atoms in total. The Morgan fingerprint density at radius 2 is 1.94 bits per heavy atom. The van der Waals surface area contributed by atoms with Crippen molar-refractivity contribution < 1.29 is 0 Å². The van der Waals surface area contributed by atoms with Gasteiger partial charge in [0.1, 0.15) is 0 Å². The molecule has 17 heavy (non-hydrogen) atoms. The lowest BCUT2D eigenvalue weighted by Gasteiger charge is -2.36. The summed E-state index contributed by atoms with van der Waals surface area (Å²) in [7, 11) is 0. The molecular formula is C15H22N2. The number of aryl methyl sites for hydroxylation is 1. The fourth-order valence-corrected chi connectivity index (χ4v) is 2.37. The minimum Gasteiger partial charge on any atom is -0.369 e. The first-order valence-electron chi connectivity index (χ1n) is 6.33. The summed E-state index contributed by atoms with van der Waals surface area (Å²) >= 11 is 0. The second-order valence-electron chi connectivity index (χ2n) is 5.06. The van der Waals surface area contributed by atoms with Crippen molar-refractivity contribution in [1.29, 1.82) is 0 Å². The van der Waals surface area contributed by atoms with Crippen LogP contribution in [0, 0.1) is 6.92 Å². The van der Waals surface area contributed by atoms with Crippen molar-refractivity contribution in [3.05, 3.63) is 42.0 Å². The number of nitrogens with zero attached hydrogens (tertiary/aromatic N) is 2. The molecule has 0 amide bonds. The van der Waals surface area contributed by atoms with E-state index < -0.39 is 0 Å². The first kappa shape index (κ1) is 12.2. The molecule has 0 aromatic heterocycles. The largest absolute Gasteiger partial charge is 0.369 e. The van der Waals surface area contributed by atoms with Gasteiger partial charge in [-0.15, -0.1) is 0 Å². The Balaban J connectivity index is 1.93. The predicted molar refractivity (Wildman–Crippen MR) is 74.6 cm³/mol. The molecule has 1 aromatic rings. The number of anilines is 1. The van der Waals surface area contributed by atoms with Crippen molar-refractivity contribution in [2.75, 3.05) is 37.6 Å². The highest BCUT2D eigenvalue weighted by Gasteiger charge is 2.16. The Morgan fingerprint density at radius 1 is 1.24 bits per heavy atom. The van der Waals surface area contributed by atoms with E-state index in [4.69, 9.17) is 0 Å². The van der Waals surface area contributed by atoms with Crippen molar-refractivity contribution in [3.63, 3.8) is 0 Å². The molecule has 0 atom stereocenters. The molecule has 1 fully saturated rings. The third-order valence-corrected chi connectivity index (χ3v) is 3.23. The molecule has 2 heteroatoms. The summed E-state index contributed by atoms with van der Waals surface area (Å²) in [4.78, 5) is 4.95. The van der Waals surface area contributed by atoms with Gasteiger partial charge >= 0.3 is 0 Å². The number of hydrogen-bond donors (Lipinski definition) is 0. The molecule has 0 radical (unpaired) electrons. The molecule has 0 spiro atoms. The van der Waals surface area contributed by atoms with Gasteiger partial charge < -0.3 is 4.90 Å². The Labute approximate surface area is 105 Å². The van der Waals surface area contributed by atoms with Gasteiger partial charge in [-0.3, -0.25) is 4.90 Å². The summed E-state index contributed by atoms with van der Waals surface area (Å²) in [6.07, 6.45) is 0. The van der Waals surface area contributed by atoms with Gasteiger partial charge in [-0.05, 0) is 31.5 Å². The SMILES string of the molecule is C=C(C)CN1CCN(c2cccc(C)c2)CC1. The molecule has 2 rings (SSSR count). The van der Waals surface area contributed by atoms with Crippen LogP contribution in [0.2, 0.25) is 0 Å². The summed E-state index contributed by atoms with van der Waals surface area (Å²) in [5.41, 5.74) is 3.96. The average molecular weight is 230 g/mol. The van der Waals surface area contributed by atoms with E-state index in [1.54, 1.807) is 0 Å². The van der Waals surface area contributed by atoms with Crippen molar-refractivity contribution in [2.45, 2.75) is 13.8 Å². The maximum Gasteiger partial charge on any atom is 0.0369 e. The van der Waals surface area contributed by atoms with Crippen LogP contribution < -0.4 is 4.90 Å². The smallest absolute Gasteiger partial charge is 0.0369 e. The van der Waals surface area contributed by atoms with E-state index in [1.165, 1.54) is 16.8 Å². The van der Waals surface area contributed by atoms with E-state index in [9.17, 15) is 0 Å². The highest BCUT2D eigenvalue weighted by Crippen LogP contribution is 2.17. The van der Waals surface area contributed by atoms with Gasteiger partial charge in [0, 0.05) is 38.4 Å². The summed E-state index contributed by atoms with van der Waals surface area (Å²) in [6.45, 7) is 13.8. The zero-order valence-corrected chi connectivity index (χ0v) is 10.9. The third-order valence-electron chi connectivity index (χ3n) is 3.23. The van der Waals surface area contributed by atoms with Gasteiger partial charge in [0.05, 0.1) is 0 Å². The van der Waals surface area contributed by atoms with Crippen LogP contribution >= 0.6 is 0 Å².